The number of H-pyrrole nitrogens is 1. The number of nitrogen functional groups attached to an aromatic ring is 1. The number of aromatic amines is 1. The Labute approximate surface area is 105 Å². The van der Waals surface area contributed by atoms with Gasteiger partial charge in [0.15, 0.2) is 0 Å². The van der Waals surface area contributed by atoms with E-state index in [4.69, 9.17) is 10.5 Å². The molecular weight excluding hydrogens is 230 g/mol. The predicted molar refractivity (Wildman–Crippen MR) is 69.2 cm³/mol. The largest absolute Gasteiger partial charge is 0.465 e. The number of hydrogen-bond donors (Lipinski definition) is 2. The highest BCUT2D eigenvalue weighted by Gasteiger charge is 2.13. The number of rotatable bonds is 2. The van der Waals surface area contributed by atoms with Crippen LogP contribution in [-0.4, -0.2) is 23.3 Å². The third kappa shape index (κ3) is 2.07. The fourth-order valence-electron chi connectivity index (χ4n) is 1.85. The number of anilines is 1. The van der Waals surface area contributed by atoms with Gasteiger partial charge in [-0.3, -0.25) is 5.10 Å². The molecule has 2 aromatic rings. The van der Waals surface area contributed by atoms with Crippen molar-refractivity contribution in [1.82, 2.24) is 10.2 Å². The molecule has 0 saturated heterocycles. The van der Waals surface area contributed by atoms with Crippen molar-refractivity contribution in [3.05, 3.63) is 34.9 Å². The number of benzene rings is 1. The van der Waals surface area contributed by atoms with Gasteiger partial charge in [0.25, 0.3) is 0 Å². The highest BCUT2D eigenvalue weighted by Crippen LogP contribution is 2.27. The molecule has 1 aromatic carbocycles. The van der Waals surface area contributed by atoms with Crippen molar-refractivity contribution in [1.29, 1.82) is 0 Å². The number of carbonyl (C=O) groups excluding carboxylic acids is 1. The number of ether oxygens (including phenoxy) is 1. The Morgan fingerprint density at radius 1 is 1.33 bits per heavy atom. The van der Waals surface area contributed by atoms with Crippen LogP contribution in [0.1, 0.15) is 21.5 Å². The summed E-state index contributed by atoms with van der Waals surface area (Å²) in [5.74, 6) is 0.0670. The minimum Gasteiger partial charge on any atom is -0.465 e. The third-order valence-electron chi connectivity index (χ3n) is 2.98. The molecule has 0 spiro atoms. The van der Waals surface area contributed by atoms with Crippen LogP contribution in [0.2, 0.25) is 0 Å². The molecule has 2 rings (SSSR count). The standard InChI is InChI=1S/C13H15N3O2/c1-7-4-9(13(17)18-3)5-10(8(7)2)11-6-12(14)16-15-11/h4-6H,1-3H3,(H3,14,15,16). The van der Waals surface area contributed by atoms with Gasteiger partial charge in [-0.05, 0) is 37.1 Å². The van der Waals surface area contributed by atoms with Crippen molar-refractivity contribution in [2.45, 2.75) is 13.8 Å². The average molecular weight is 245 g/mol. The lowest BCUT2D eigenvalue weighted by Crippen LogP contribution is -2.03. The first-order chi connectivity index (χ1) is 8.52. The second kappa shape index (κ2) is 4.52. The van der Waals surface area contributed by atoms with Gasteiger partial charge in [-0.15, -0.1) is 0 Å². The number of nitrogens with one attached hydrogen (secondary N) is 1. The van der Waals surface area contributed by atoms with Crippen LogP contribution < -0.4 is 5.73 Å². The van der Waals surface area contributed by atoms with Crippen LogP contribution in [0, 0.1) is 13.8 Å². The second-order valence-corrected chi connectivity index (χ2v) is 4.16. The number of nitrogens with two attached hydrogens (primary N) is 1. The molecule has 1 heterocycles. The van der Waals surface area contributed by atoms with Gasteiger partial charge in [-0.25, -0.2) is 4.79 Å². The van der Waals surface area contributed by atoms with Gasteiger partial charge in [0.1, 0.15) is 5.82 Å². The van der Waals surface area contributed by atoms with E-state index in [-0.39, 0.29) is 5.97 Å². The van der Waals surface area contributed by atoms with E-state index in [0.717, 1.165) is 22.4 Å². The van der Waals surface area contributed by atoms with E-state index >= 15 is 0 Å². The first kappa shape index (κ1) is 12.2. The molecule has 0 aliphatic heterocycles. The average Bonchev–Trinajstić information content (AvgIpc) is 2.78. The fourth-order valence-corrected chi connectivity index (χ4v) is 1.85. The van der Waals surface area contributed by atoms with Gasteiger partial charge >= 0.3 is 5.97 Å². The summed E-state index contributed by atoms with van der Waals surface area (Å²) >= 11 is 0. The molecule has 5 nitrogen and oxygen atoms in total. The zero-order valence-corrected chi connectivity index (χ0v) is 10.6. The lowest BCUT2D eigenvalue weighted by atomic mass is 9.97. The van der Waals surface area contributed by atoms with Crippen molar-refractivity contribution >= 4 is 11.8 Å². The number of carbonyl (C=O) groups is 1. The Hall–Kier alpha value is -2.30. The molecule has 0 radical (unpaired) electrons. The van der Waals surface area contributed by atoms with Crippen LogP contribution in [0.3, 0.4) is 0 Å². The van der Waals surface area contributed by atoms with Crippen LogP contribution in [0.4, 0.5) is 5.82 Å². The number of aryl methyl sites for hydroxylation is 1. The normalized spacial score (nSPS) is 10.4. The summed E-state index contributed by atoms with van der Waals surface area (Å²) in [5, 5.41) is 6.74. The summed E-state index contributed by atoms with van der Waals surface area (Å²) in [6.45, 7) is 3.94. The minimum atomic E-state index is -0.355. The van der Waals surface area contributed by atoms with E-state index < -0.39 is 0 Å². The van der Waals surface area contributed by atoms with E-state index in [1.54, 1.807) is 12.1 Å². The predicted octanol–water partition coefficient (Wildman–Crippen LogP) is 2.06. The topological polar surface area (TPSA) is 81.0 Å². The minimum absolute atomic E-state index is 0.355. The summed E-state index contributed by atoms with van der Waals surface area (Å²) < 4.78 is 4.74. The molecule has 0 saturated carbocycles. The zero-order valence-electron chi connectivity index (χ0n) is 10.6. The van der Waals surface area contributed by atoms with Gasteiger partial charge in [0.05, 0.1) is 18.4 Å². The van der Waals surface area contributed by atoms with E-state index in [1.807, 2.05) is 19.9 Å². The Morgan fingerprint density at radius 3 is 2.61 bits per heavy atom. The van der Waals surface area contributed by atoms with Crippen molar-refractivity contribution in [2.75, 3.05) is 12.8 Å². The lowest BCUT2D eigenvalue weighted by molar-refractivity contribution is 0.0600. The molecule has 0 aliphatic rings. The molecule has 0 unspecified atom stereocenters. The van der Waals surface area contributed by atoms with Gasteiger partial charge in [0, 0.05) is 11.6 Å². The van der Waals surface area contributed by atoms with Gasteiger partial charge in [-0.2, -0.15) is 5.10 Å². The fraction of sp³-hybridized carbons (Fsp3) is 0.231. The lowest BCUT2D eigenvalue weighted by Gasteiger charge is -2.09. The van der Waals surface area contributed by atoms with Crippen LogP contribution in [0.15, 0.2) is 18.2 Å². The highest BCUT2D eigenvalue weighted by atomic mass is 16.5. The number of methoxy groups -OCH3 is 1. The maximum absolute atomic E-state index is 11.6. The molecule has 18 heavy (non-hydrogen) atoms. The summed E-state index contributed by atoms with van der Waals surface area (Å²) in [6, 6.07) is 5.33. The number of esters is 1. The molecule has 3 N–H and O–H groups in total. The molecular formula is C13H15N3O2. The Balaban J connectivity index is 2.59. The molecule has 0 aliphatic carbocycles. The van der Waals surface area contributed by atoms with Crippen LogP contribution in [0.5, 0.6) is 0 Å². The maximum Gasteiger partial charge on any atom is 0.337 e. The number of hydrogen-bond acceptors (Lipinski definition) is 4. The van der Waals surface area contributed by atoms with E-state index in [0.29, 0.717) is 11.4 Å². The van der Waals surface area contributed by atoms with Gasteiger partial charge < -0.3 is 10.5 Å². The van der Waals surface area contributed by atoms with Crippen molar-refractivity contribution in [3.63, 3.8) is 0 Å². The van der Waals surface area contributed by atoms with Crippen molar-refractivity contribution in [2.24, 2.45) is 0 Å². The Morgan fingerprint density at radius 2 is 2.06 bits per heavy atom. The molecule has 94 valence electrons. The summed E-state index contributed by atoms with van der Waals surface area (Å²) in [4.78, 5) is 11.6. The van der Waals surface area contributed by atoms with Crippen LogP contribution in [0.25, 0.3) is 11.3 Å². The second-order valence-electron chi connectivity index (χ2n) is 4.16. The molecule has 0 fully saturated rings. The SMILES string of the molecule is COC(=O)c1cc(C)c(C)c(-c2cc(N)n[nH]2)c1. The summed E-state index contributed by atoms with van der Waals surface area (Å²) in [5.41, 5.74) is 9.89. The summed E-state index contributed by atoms with van der Waals surface area (Å²) in [7, 11) is 1.37. The molecule has 0 atom stereocenters. The number of aromatic nitrogens is 2. The maximum atomic E-state index is 11.6. The van der Waals surface area contributed by atoms with Crippen LogP contribution >= 0.6 is 0 Å². The van der Waals surface area contributed by atoms with Crippen molar-refractivity contribution < 1.29 is 9.53 Å². The zero-order chi connectivity index (χ0) is 13.3. The quantitative estimate of drug-likeness (QED) is 0.793. The Bertz CT molecular complexity index is 602. The number of nitrogens with zero attached hydrogens (tertiary/aromatic N) is 1. The van der Waals surface area contributed by atoms with Crippen molar-refractivity contribution in [3.8, 4) is 11.3 Å². The summed E-state index contributed by atoms with van der Waals surface area (Å²) in [6.07, 6.45) is 0. The van der Waals surface area contributed by atoms with E-state index in [9.17, 15) is 4.79 Å². The van der Waals surface area contributed by atoms with E-state index in [2.05, 4.69) is 10.2 Å². The van der Waals surface area contributed by atoms with Gasteiger partial charge in [0.2, 0.25) is 0 Å². The smallest absolute Gasteiger partial charge is 0.337 e. The first-order valence-electron chi connectivity index (χ1n) is 5.53. The Kier molecular flexibility index (Phi) is 3.06. The van der Waals surface area contributed by atoms with Gasteiger partial charge in [-0.1, -0.05) is 0 Å². The third-order valence-corrected chi connectivity index (χ3v) is 2.98. The molecule has 1 aromatic heterocycles. The highest BCUT2D eigenvalue weighted by molar-refractivity contribution is 5.91. The molecule has 0 amide bonds. The van der Waals surface area contributed by atoms with Crippen LogP contribution in [-0.2, 0) is 4.74 Å². The monoisotopic (exact) mass is 245 g/mol. The first-order valence-corrected chi connectivity index (χ1v) is 5.53. The molecule has 5 heteroatoms. The molecule has 0 bridgehead atoms. The van der Waals surface area contributed by atoms with E-state index in [1.165, 1.54) is 7.11 Å².